The number of amides is 3. The molecule has 25 heavy (non-hydrogen) atoms. The molecule has 3 saturated heterocycles. The second kappa shape index (κ2) is 7.11. The number of sulfonamides is 1. The van der Waals surface area contributed by atoms with E-state index in [1.807, 2.05) is 0 Å². The molecule has 0 aromatic rings. The Kier molecular flexibility index (Phi) is 5.24. The molecule has 3 atom stereocenters. The van der Waals surface area contributed by atoms with E-state index in [4.69, 9.17) is 0 Å². The summed E-state index contributed by atoms with van der Waals surface area (Å²) in [6.07, 6.45) is 5.49. The maximum atomic E-state index is 12.7. The summed E-state index contributed by atoms with van der Waals surface area (Å²) in [4.78, 5) is 28.3. The lowest BCUT2D eigenvalue weighted by Gasteiger charge is -2.37. The van der Waals surface area contributed by atoms with E-state index in [1.54, 1.807) is 16.8 Å². The van der Waals surface area contributed by atoms with Gasteiger partial charge >= 0.3 is 6.03 Å². The van der Waals surface area contributed by atoms with Crippen molar-refractivity contribution in [2.75, 3.05) is 39.5 Å². The van der Waals surface area contributed by atoms with Gasteiger partial charge in [-0.15, -0.1) is 0 Å². The molecule has 3 rings (SSSR count). The van der Waals surface area contributed by atoms with Crippen molar-refractivity contribution < 1.29 is 18.0 Å². The Balaban J connectivity index is 1.61. The van der Waals surface area contributed by atoms with Crippen LogP contribution >= 0.6 is 0 Å². The fourth-order valence-electron chi connectivity index (χ4n) is 4.40. The Hall–Kier alpha value is -1.35. The first-order valence-corrected chi connectivity index (χ1v) is 10.9. The Morgan fingerprint density at radius 1 is 1.20 bits per heavy atom. The molecule has 0 aromatic carbocycles. The average molecular weight is 372 g/mol. The zero-order valence-corrected chi connectivity index (χ0v) is 15.8. The molecular weight excluding hydrogens is 344 g/mol. The van der Waals surface area contributed by atoms with Crippen LogP contribution in [0.5, 0.6) is 0 Å². The van der Waals surface area contributed by atoms with Crippen molar-refractivity contribution in [1.29, 1.82) is 0 Å². The van der Waals surface area contributed by atoms with Crippen LogP contribution in [0.2, 0.25) is 0 Å². The molecule has 3 heterocycles. The first-order valence-electron chi connectivity index (χ1n) is 9.05. The molecule has 0 aliphatic carbocycles. The van der Waals surface area contributed by atoms with Crippen LogP contribution in [0.25, 0.3) is 0 Å². The Bertz CT molecular complexity index is 638. The highest BCUT2D eigenvalue weighted by Gasteiger charge is 2.45. The second-order valence-electron chi connectivity index (χ2n) is 7.44. The second-order valence-corrected chi connectivity index (χ2v) is 9.37. The summed E-state index contributed by atoms with van der Waals surface area (Å²) >= 11 is 0. The number of likely N-dealkylation sites (N-methyl/N-ethyl adjacent to an activating group) is 1. The topological polar surface area (TPSA) is 90.0 Å². The van der Waals surface area contributed by atoms with Crippen LogP contribution in [0.1, 0.15) is 32.1 Å². The highest BCUT2D eigenvalue weighted by molar-refractivity contribution is 7.88. The van der Waals surface area contributed by atoms with Crippen molar-refractivity contribution in [3.8, 4) is 0 Å². The van der Waals surface area contributed by atoms with Gasteiger partial charge in [-0.3, -0.25) is 4.79 Å². The molecule has 8 nitrogen and oxygen atoms in total. The first kappa shape index (κ1) is 18.4. The number of rotatable bonds is 3. The van der Waals surface area contributed by atoms with Crippen LogP contribution in [-0.4, -0.2) is 86.0 Å². The SMILES string of the molecule is CN1C[C@@H]2[C@@H](CCCN2C(=O)NCC2CCCCN2S(C)(=O)=O)C1=O. The van der Waals surface area contributed by atoms with E-state index in [2.05, 4.69) is 5.32 Å². The fourth-order valence-corrected chi connectivity index (χ4v) is 5.58. The Labute approximate surface area is 149 Å². The van der Waals surface area contributed by atoms with E-state index in [9.17, 15) is 18.0 Å². The van der Waals surface area contributed by atoms with Crippen LogP contribution in [0, 0.1) is 5.92 Å². The first-order chi connectivity index (χ1) is 11.8. The molecule has 3 fully saturated rings. The van der Waals surface area contributed by atoms with Crippen molar-refractivity contribution in [1.82, 2.24) is 19.4 Å². The van der Waals surface area contributed by atoms with E-state index < -0.39 is 10.0 Å². The minimum atomic E-state index is -3.26. The van der Waals surface area contributed by atoms with Gasteiger partial charge in [0.05, 0.1) is 18.2 Å². The lowest BCUT2D eigenvalue weighted by Crippen LogP contribution is -2.55. The molecule has 0 aromatic heterocycles. The number of nitrogens with one attached hydrogen (secondary N) is 1. The van der Waals surface area contributed by atoms with Crippen molar-refractivity contribution >= 4 is 22.0 Å². The number of hydrogen-bond acceptors (Lipinski definition) is 4. The predicted octanol–water partition coefficient (Wildman–Crippen LogP) is 0.0627. The third-order valence-corrected chi connectivity index (χ3v) is 7.01. The van der Waals surface area contributed by atoms with E-state index in [1.165, 1.54) is 10.6 Å². The van der Waals surface area contributed by atoms with Crippen molar-refractivity contribution in [3.05, 3.63) is 0 Å². The zero-order chi connectivity index (χ0) is 18.2. The van der Waals surface area contributed by atoms with E-state index in [-0.39, 0.29) is 29.9 Å². The lowest BCUT2D eigenvalue weighted by atomic mass is 9.92. The molecule has 1 unspecified atom stereocenters. The van der Waals surface area contributed by atoms with Crippen LogP contribution in [0.3, 0.4) is 0 Å². The van der Waals surface area contributed by atoms with E-state index in [0.717, 1.165) is 32.1 Å². The monoisotopic (exact) mass is 372 g/mol. The van der Waals surface area contributed by atoms with E-state index in [0.29, 0.717) is 26.2 Å². The van der Waals surface area contributed by atoms with Crippen molar-refractivity contribution in [3.63, 3.8) is 0 Å². The Morgan fingerprint density at radius 3 is 2.68 bits per heavy atom. The quantitative estimate of drug-likeness (QED) is 0.759. The minimum Gasteiger partial charge on any atom is -0.343 e. The van der Waals surface area contributed by atoms with Crippen molar-refractivity contribution in [2.45, 2.75) is 44.2 Å². The molecule has 1 N–H and O–H groups in total. The predicted molar refractivity (Wildman–Crippen MR) is 93.4 cm³/mol. The largest absolute Gasteiger partial charge is 0.343 e. The third-order valence-electron chi connectivity index (χ3n) is 5.68. The van der Waals surface area contributed by atoms with Crippen molar-refractivity contribution in [2.24, 2.45) is 5.92 Å². The number of carbonyl (C=O) groups is 2. The van der Waals surface area contributed by atoms with Gasteiger partial charge in [-0.1, -0.05) is 6.42 Å². The molecular formula is C16H28N4O4S. The molecule has 3 aliphatic heterocycles. The lowest BCUT2D eigenvalue weighted by molar-refractivity contribution is -0.130. The molecule has 0 radical (unpaired) electrons. The number of hydrogen-bond donors (Lipinski definition) is 1. The summed E-state index contributed by atoms with van der Waals surface area (Å²) in [5.74, 6) is 0.0322. The molecule has 9 heteroatoms. The molecule has 3 aliphatic rings. The molecule has 142 valence electrons. The molecule has 3 amide bonds. The number of piperidine rings is 2. The number of nitrogens with zero attached hydrogens (tertiary/aromatic N) is 3. The Morgan fingerprint density at radius 2 is 1.96 bits per heavy atom. The van der Waals surface area contributed by atoms with Gasteiger partial charge in [0.25, 0.3) is 0 Å². The molecule has 0 spiro atoms. The van der Waals surface area contributed by atoms with Gasteiger partial charge < -0.3 is 15.1 Å². The molecule has 0 saturated carbocycles. The maximum Gasteiger partial charge on any atom is 0.317 e. The van der Waals surface area contributed by atoms with Crippen LogP contribution in [-0.2, 0) is 14.8 Å². The van der Waals surface area contributed by atoms with Gasteiger partial charge in [-0.2, -0.15) is 4.31 Å². The number of fused-ring (bicyclic) bond motifs is 1. The third kappa shape index (κ3) is 3.76. The summed E-state index contributed by atoms with van der Waals surface area (Å²) < 4.78 is 25.4. The maximum absolute atomic E-state index is 12.7. The average Bonchev–Trinajstić information content (AvgIpc) is 2.87. The van der Waals surface area contributed by atoms with Crippen LogP contribution in [0.4, 0.5) is 4.79 Å². The van der Waals surface area contributed by atoms with Crippen LogP contribution in [0.15, 0.2) is 0 Å². The fraction of sp³-hybridized carbons (Fsp3) is 0.875. The van der Waals surface area contributed by atoms with Gasteiger partial charge in [0.15, 0.2) is 0 Å². The van der Waals surface area contributed by atoms with Gasteiger partial charge in [0.1, 0.15) is 0 Å². The van der Waals surface area contributed by atoms with Crippen LogP contribution < -0.4 is 5.32 Å². The molecule has 0 bridgehead atoms. The van der Waals surface area contributed by atoms with Gasteiger partial charge in [0.2, 0.25) is 15.9 Å². The summed E-state index contributed by atoms with van der Waals surface area (Å²) in [5.41, 5.74) is 0. The highest BCUT2D eigenvalue weighted by Crippen LogP contribution is 2.31. The zero-order valence-electron chi connectivity index (χ0n) is 15.0. The van der Waals surface area contributed by atoms with Gasteiger partial charge in [-0.05, 0) is 25.7 Å². The number of likely N-dealkylation sites (tertiary alicyclic amines) is 2. The minimum absolute atomic E-state index is 0.0661. The summed E-state index contributed by atoms with van der Waals surface area (Å²) in [7, 11) is -1.48. The standard InChI is InChI=1S/C16H28N4O4S/c1-18-11-14-13(15(18)21)7-5-8-19(14)16(22)17-10-12-6-3-4-9-20(12)25(2,23)24/h12-14H,3-11H2,1-2H3,(H,17,22)/t12?,13-,14-/m1/s1. The number of urea groups is 1. The normalized spacial score (nSPS) is 31.1. The summed E-state index contributed by atoms with van der Waals surface area (Å²) in [6.45, 7) is 2.07. The van der Waals surface area contributed by atoms with Gasteiger partial charge in [-0.25, -0.2) is 13.2 Å². The summed E-state index contributed by atoms with van der Waals surface area (Å²) in [5, 5.41) is 2.92. The summed E-state index contributed by atoms with van der Waals surface area (Å²) in [6, 6.07) is -0.429. The number of carbonyl (C=O) groups excluding carboxylic acids is 2. The van der Waals surface area contributed by atoms with E-state index >= 15 is 0 Å². The van der Waals surface area contributed by atoms with Gasteiger partial charge in [0, 0.05) is 39.3 Å². The highest BCUT2D eigenvalue weighted by atomic mass is 32.2. The smallest absolute Gasteiger partial charge is 0.317 e.